The van der Waals surface area contributed by atoms with Crippen molar-refractivity contribution in [1.29, 1.82) is 5.26 Å². The number of thioether (sulfide) groups is 1. The summed E-state index contributed by atoms with van der Waals surface area (Å²) in [5, 5.41) is 10.8. The van der Waals surface area contributed by atoms with E-state index in [9.17, 15) is 0 Å². The Morgan fingerprint density at radius 1 is 1.13 bits per heavy atom. The van der Waals surface area contributed by atoms with Crippen LogP contribution in [0.5, 0.6) is 5.75 Å². The predicted molar refractivity (Wildman–Crippen MR) is 94.7 cm³/mol. The van der Waals surface area contributed by atoms with Crippen molar-refractivity contribution in [2.45, 2.75) is 17.2 Å². The molecule has 0 fully saturated rings. The lowest BCUT2D eigenvalue weighted by molar-refractivity contribution is 0.415. The molecule has 1 aromatic heterocycles. The van der Waals surface area contributed by atoms with Crippen LogP contribution in [-0.2, 0) is 0 Å². The predicted octanol–water partition coefficient (Wildman–Crippen LogP) is 4.91. The van der Waals surface area contributed by atoms with Crippen LogP contribution in [0.2, 0.25) is 0 Å². The van der Waals surface area contributed by atoms with Gasteiger partial charge in [0, 0.05) is 11.5 Å². The molecule has 23 heavy (non-hydrogen) atoms. The largest absolute Gasteiger partial charge is 0.497 e. The number of nitriles is 1. The monoisotopic (exact) mass is 320 g/mol. The van der Waals surface area contributed by atoms with Gasteiger partial charge in [0.25, 0.3) is 0 Å². The minimum Gasteiger partial charge on any atom is -0.497 e. The first-order chi connectivity index (χ1) is 11.2. The maximum Gasteiger partial charge on any atom is 0.121 e. The third-order valence-electron chi connectivity index (χ3n) is 3.56. The molecule has 0 aliphatic rings. The average molecular weight is 320 g/mol. The fourth-order valence-electron chi connectivity index (χ4n) is 2.44. The highest BCUT2D eigenvalue weighted by molar-refractivity contribution is 8.00. The van der Waals surface area contributed by atoms with Gasteiger partial charge in [0.05, 0.1) is 29.0 Å². The van der Waals surface area contributed by atoms with Crippen LogP contribution in [0, 0.1) is 11.3 Å². The Morgan fingerprint density at radius 2 is 1.91 bits per heavy atom. The fourth-order valence-corrected chi connectivity index (χ4v) is 3.19. The van der Waals surface area contributed by atoms with Crippen LogP contribution in [0.4, 0.5) is 0 Å². The standard InChI is InChI=1S/C19H16N2OS/c1-13(12-20)23-19-11-17(14-6-4-3-5-7-14)16-9-8-15(22-2)10-18(16)21-19/h3-11,13H,1-2H3. The minimum atomic E-state index is -0.144. The van der Waals surface area contributed by atoms with Crippen molar-refractivity contribution in [3.8, 4) is 22.9 Å². The maximum atomic E-state index is 9.06. The molecule has 3 nitrogen and oxygen atoms in total. The van der Waals surface area contributed by atoms with Gasteiger partial charge >= 0.3 is 0 Å². The first-order valence-corrected chi connectivity index (χ1v) is 8.19. The summed E-state index contributed by atoms with van der Waals surface area (Å²) in [7, 11) is 1.65. The van der Waals surface area contributed by atoms with E-state index in [0.717, 1.165) is 32.8 Å². The topological polar surface area (TPSA) is 45.9 Å². The van der Waals surface area contributed by atoms with E-state index >= 15 is 0 Å². The zero-order chi connectivity index (χ0) is 16.2. The summed E-state index contributed by atoms with van der Waals surface area (Å²) >= 11 is 1.47. The number of fused-ring (bicyclic) bond motifs is 1. The molecule has 2 aromatic carbocycles. The van der Waals surface area contributed by atoms with E-state index < -0.39 is 0 Å². The first kappa shape index (κ1) is 15.4. The van der Waals surface area contributed by atoms with Gasteiger partial charge < -0.3 is 4.74 Å². The summed E-state index contributed by atoms with van der Waals surface area (Å²) < 4.78 is 5.31. The van der Waals surface area contributed by atoms with Crippen molar-refractivity contribution in [2.24, 2.45) is 0 Å². The molecular weight excluding hydrogens is 304 g/mol. The summed E-state index contributed by atoms with van der Waals surface area (Å²) in [4.78, 5) is 4.69. The average Bonchev–Trinajstić information content (AvgIpc) is 2.61. The SMILES string of the molecule is COc1ccc2c(-c3ccccc3)cc(SC(C)C#N)nc2c1. The smallest absolute Gasteiger partial charge is 0.121 e. The van der Waals surface area contributed by atoms with Crippen molar-refractivity contribution < 1.29 is 4.74 Å². The van der Waals surface area contributed by atoms with Crippen LogP contribution < -0.4 is 4.74 Å². The number of rotatable bonds is 4. The molecular formula is C19H16N2OS. The van der Waals surface area contributed by atoms with Gasteiger partial charge in [0.15, 0.2) is 0 Å². The normalized spacial score (nSPS) is 11.9. The van der Waals surface area contributed by atoms with Gasteiger partial charge in [-0.3, -0.25) is 0 Å². The second-order valence-electron chi connectivity index (χ2n) is 5.15. The number of nitrogens with zero attached hydrogens (tertiary/aromatic N) is 2. The van der Waals surface area contributed by atoms with E-state index in [1.54, 1.807) is 7.11 Å². The Labute approximate surface area is 139 Å². The summed E-state index contributed by atoms with van der Waals surface area (Å²) in [6.07, 6.45) is 0. The van der Waals surface area contributed by atoms with E-state index in [1.807, 2.05) is 43.3 Å². The molecule has 0 radical (unpaired) electrons. The Hall–Kier alpha value is -2.51. The summed E-state index contributed by atoms with van der Waals surface area (Å²) in [5.41, 5.74) is 3.13. The van der Waals surface area contributed by atoms with E-state index in [-0.39, 0.29) is 5.25 Å². The summed E-state index contributed by atoms with van der Waals surface area (Å²) in [5.74, 6) is 0.777. The maximum absolute atomic E-state index is 9.06. The quantitative estimate of drug-likeness (QED) is 0.640. The third-order valence-corrected chi connectivity index (χ3v) is 4.47. The number of hydrogen-bond donors (Lipinski definition) is 0. The van der Waals surface area contributed by atoms with Crippen LogP contribution in [0.1, 0.15) is 6.92 Å². The van der Waals surface area contributed by atoms with Gasteiger partial charge in [0.2, 0.25) is 0 Å². The van der Waals surface area contributed by atoms with E-state index in [1.165, 1.54) is 11.8 Å². The molecule has 4 heteroatoms. The highest BCUT2D eigenvalue weighted by Crippen LogP contribution is 2.34. The fraction of sp³-hybridized carbons (Fsp3) is 0.158. The van der Waals surface area contributed by atoms with Gasteiger partial charge in [-0.05, 0) is 36.2 Å². The first-order valence-electron chi connectivity index (χ1n) is 7.32. The molecule has 1 atom stereocenters. The van der Waals surface area contributed by atoms with Crippen LogP contribution in [0.25, 0.3) is 22.0 Å². The van der Waals surface area contributed by atoms with Crippen molar-refractivity contribution >= 4 is 22.7 Å². The molecule has 0 amide bonds. The molecule has 1 heterocycles. The lowest BCUT2D eigenvalue weighted by Crippen LogP contribution is -1.94. The van der Waals surface area contributed by atoms with Gasteiger partial charge in [-0.25, -0.2) is 4.98 Å². The number of hydrogen-bond acceptors (Lipinski definition) is 4. The molecule has 0 saturated carbocycles. The van der Waals surface area contributed by atoms with Gasteiger partial charge in [-0.2, -0.15) is 5.26 Å². The zero-order valence-corrected chi connectivity index (χ0v) is 13.8. The molecule has 114 valence electrons. The minimum absolute atomic E-state index is 0.144. The van der Waals surface area contributed by atoms with Gasteiger partial charge in [-0.1, -0.05) is 42.1 Å². The molecule has 3 aromatic rings. The van der Waals surface area contributed by atoms with E-state index in [2.05, 4.69) is 29.3 Å². The van der Waals surface area contributed by atoms with Crippen LogP contribution >= 0.6 is 11.8 Å². The van der Waals surface area contributed by atoms with Gasteiger partial charge in [0.1, 0.15) is 5.75 Å². The van der Waals surface area contributed by atoms with Crippen molar-refractivity contribution in [3.63, 3.8) is 0 Å². The molecule has 0 saturated heterocycles. The highest BCUT2D eigenvalue weighted by atomic mass is 32.2. The lowest BCUT2D eigenvalue weighted by Gasteiger charge is -2.11. The van der Waals surface area contributed by atoms with Crippen LogP contribution in [0.3, 0.4) is 0 Å². The molecule has 0 N–H and O–H groups in total. The third kappa shape index (κ3) is 3.30. The molecule has 0 bridgehead atoms. The Morgan fingerprint density at radius 3 is 2.61 bits per heavy atom. The number of benzene rings is 2. The number of aromatic nitrogens is 1. The Kier molecular flexibility index (Phi) is 4.50. The number of methoxy groups -OCH3 is 1. The van der Waals surface area contributed by atoms with Crippen molar-refractivity contribution in [2.75, 3.05) is 7.11 Å². The van der Waals surface area contributed by atoms with Crippen molar-refractivity contribution in [3.05, 3.63) is 54.6 Å². The van der Waals surface area contributed by atoms with E-state index in [0.29, 0.717) is 0 Å². The van der Waals surface area contributed by atoms with Crippen LogP contribution in [-0.4, -0.2) is 17.3 Å². The number of ether oxygens (including phenoxy) is 1. The van der Waals surface area contributed by atoms with E-state index in [4.69, 9.17) is 10.00 Å². The Bertz CT molecular complexity index is 872. The highest BCUT2D eigenvalue weighted by Gasteiger charge is 2.11. The summed E-state index contributed by atoms with van der Waals surface area (Å²) in [6.45, 7) is 1.88. The van der Waals surface area contributed by atoms with Crippen LogP contribution in [0.15, 0.2) is 59.6 Å². The second kappa shape index (κ2) is 6.72. The second-order valence-corrected chi connectivity index (χ2v) is 6.51. The van der Waals surface area contributed by atoms with Crippen molar-refractivity contribution in [1.82, 2.24) is 4.98 Å². The zero-order valence-electron chi connectivity index (χ0n) is 13.0. The number of pyridine rings is 1. The molecule has 0 aliphatic heterocycles. The lowest BCUT2D eigenvalue weighted by atomic mass is 10.0. The molecule has 0 aliphatic carbocycles. The Balaban J connectivity index is 2.21. The van der Waals surface area contributed by atoms with Gasteiger partial charge in [-0.15, -0.1) is 0 Å². The molecule has 1 unspecified atom stereocenters. The molecule has 0 spiro atoms. The summed E-state index contributed by atoms with van der Waals surface area (Å²) in [6, 6.07) is 20.4. The molecule has 3 rings (SSSR count).